The topological polar surface area (TPSA) is 143 Å². The molecular formula is C12H15NO8. The molecule has 4 N–H and O–H groups in total. The van der Waals surface area contributed by atoms with Crippen LogP contribution in [-0.4, -0.2) is 62.7 Å². The fraction of sp³-hybridized carbons (Fsp3) is 0.500. The van der Waals surface area contributed by atoms with Gasteiger partial charge in [0, 0.05) is 6.07 Å². The maximum atomic E-state index is 10.9. The van der Waals surface area contributed by atoms with Gasteiger partial charge in [0.1, 0.15) is 24.4 Å². The van der Waals surface area contributed by atoms with Gasteiger partial charge in [-0.3, -0.25) is 10.1 Å². The number of para-hydroxylation sites is 2. The Hall–Kier alpha value is -1.78. The Bertz CT molecular complexity index is 508. The molecule has 9 nitrogen and oxygen atoms in total. The molecule has 2 unspecified atom stereocenters. The summed E-state index contributed by atoms with van der Waals surface area (Å²) in [4.78, 5) is 10.2. The van der Waals surface area contributed by atoms with E-state index in [1.165, 1.54) is 24.3 Å². The zero-order valence-corrected chi connectivity index (χ0v) is 10.8. The van der Waals surface area contributed by atoms with E-state index in [2.05, 4.69) is 0 Å². The minimum absolute atomic E-state index is 0.160. The van der Waals surface area contributed by atoms with Gasteiger partial charge in [0.2, 0.25) is 6.29 Å². The van der Waals surface area contributed by atoms with Crippen molar-refractivity contribution in [1.29, 1.82) is 0 Å². The predicted octanol–water partition coefficient (Wildman–Crippen LogP) is -1.23. The summed E-state index contributed by atoms with van der Waals surface area (Å²) in [6.45, 7) is -0.609. The van der Waals surface area contributed by atoms with E-state index in [1.54, 1.807) is 0 Å². The van der Waals surface area contributed by atoms with Crippen LogP contribution in [0.2, 0.25) is 0 Å². The first-order chi connectivity index (χ1) is 9.95. The van der Waals surface area contributed by atoms with Crippen LogP contribution in [0.5, 0.6) is 5.75 Å². The molecule has 1 aliphatic rings. The standard InChI is InChI=1S/C12H15NO8/c14-5-8-9(15)10(16)11(17)12(21-8)20-7-4-2-1-3-6(7)13(18)19/h1-4,8-12,14-17H,5H2/t8?,9-,10+,11?,12-/m1/s1. The second kappa shape index (κ2) is 6.33. The lowest BCUT2D eigenvalue weighted by Crippen LogP contribution is -2.60. The molecule has 0 saturated carbocycles. The van der Waals surface area contributed by atoms with E-state index in [-0.39, 0.29) is 11.4 Å². The smallest absolute Gasteiger partial charge is 0.311 e. The molecule has 0 amide bonds. The largest absolute Gasteiger partial charge is 0.455 e. The summed E-state index contributed by atoms with van der Waals surface area (Å²) in [7, 11) is 0. The molecule has 9 heteroatoms. The van der Waals surface area contributed by atoms with Gasteiger partial charge in [0.15, 0.2) is 5.75 Å². The highest BCUT2D eigenvalue weighted by Gasteiger charge is 2.45. The second-order valence-electron chi connectivity index (χ2n) is 4.54. The number of aliphatic hydroxyl groups excluding tert-OH is 4. The van der Waals surface area contributed by atoms with Crippen LogP contribution in [0, 0.1) is 10.1 Å². The van der Waals surface area contributed by atoms with Gasteiger partial charge in [-0.15, -0.1) is 0 Å². The minimum atomic E-state index is -1.62. The highest BCUT2D eigenvalue weighted by atomic mass is 16.7. The Kier molecular flexibility index (Phi) is 4.70. The van der Waals surface area contributed by atoms with Crippen molar-refractivity contribution in [2.24, 2.45) is 0 Å². The van der Waals surface area contributed by atoms with Gasteiger partial charge < -0.3 is 29.9 Å². The number of hydrogen-bond donors (Lipinski definition) is 4. The lowest BCUT2D eigenvalue weighted by molar-refractivity contribution is -0.387. The quantitative estimate of drug-likeness (QED) is 0.400. The highest BCUT2D eigenvalue weighted by molar-refractivity contribution is 5.45. The molecule has 1 aromatic rings. The lowest BCUT2D eigenvalue weighted by Gasteiger charge is -2.39. The number of nitrogens with zero attached hydrogens (tertiary/aromatic N) is 1. The van der Waals surface area contributed by atoms with Crippen LogP contribution in [0.3, 0.4) is 0 Å². The Morgan fingerprint density at radius 1 is 1.19 bits per heavy atom. The summed E-state index contributed by atoms with van der Waals surface area (Å²) in [5.74, 6) is -0.160. The zero-order valence-electron chi connectivity index (χ0n) is 10.8. The molecule has 0 bridgehead atoms. The molecule has 0 spiro atoms. The molecule has 0 aliphatic carbocycles. The van der Waals surface area contributed by atoms with Crippen LogP contribution in [-0.2, 0) is 4.74 Å². The summed E-state index contributed by atoms with van der Waals surface area (Å²) in [5, 5.41) is 49.0. The van der Waals surface area contributed by atoms with E-state index in [9.17, 15) is 25.4 Å². The summed E-state index contributed by atoms with van der Waals surface area (Å²) < 4.78 is 10.3. The van der Waals surface area contributed by atoms with E-state index in [1.807, 2.05) is 0 Å². The third-order valence-electron chi connectivity index (χ3n) is 3.15. The van der Waals surface area contributed by atoms with Crippen molar-refractivity contribution >= 4 is 5.69 Å². The number of aliphatic hydroxyl groups is 4. The highest BCUT2D eigenvalue weighted by Crippen LogP contribution is 2.30. The summed E-state index contributed by atoms with van der Waals surface area (Å²) >= 11 is 0. The number of nitro groups is 1. The second-order valence-corrected chi connectivity index (χ2v) is 4.54. The third kappa shape index (κ3) is 3.12. The average Bonchev–Trinajstić information content (AvgIpc) is 2.48. The van der Waals surface area contributed by atoms with Crippen LogP contribution >= 0.6 is 0 Å². The van der Waals surface area contributed by atoms with Gasteiger partial charge >= 0.3 is 5.69 Å². The predicted molar refractivity (Wildman–Crippen MR) is 67.5 cm³/mol. The van der Waals surface area contributed by atoms with Crippen molar-refractivity contribution in [2.45, 2.75) is 30.7 Å². The fourth-order valence-electron chi connectivity index (χ4n) is 2.00. The molecule has 0 radical (unpaired) electrons. The van der Waals surface area contributed by atoms with E-state index in [4.69, 9.17) is 14.6 Å². The Balaban J connectivity index is 2.20. The Labute approximate surface area is 119 Å². The van der Waals surface area contributed by atoms with Crippen LogP contribution in [0.4, 0.5) is 5.69 Å². The zero-order chi connectivity index (χ0) is 15.6. The molecule has 0 aromatic heterocycles. The maximum absolute atomic E-state index is 10.9. The first kappa shape index (κ1) is 15.6. The van der Waals surface area contributed by atoms with Crippen molar-refractivity contribution in [3.63, 3.8) is 0 Å². The van der Waals surface area contributed by atoms with Crippen LogP contribution < -0.4 is 4.74 Å². The molecule has 5 atom stereocenters. The molecule has 1 fully saturated rings. The first-order valence-corrected chi connectivity index (χ1v) is 6.16. The third-order valence-corrected chi connectivity index (χ3v) is 3.15. The van der Waals surface area contributed by atoms with E-state index in [0.29, 0.717) is 0 Å². The number of ether oxygens (including phenoxy) is 2. The van der Waals surface area contributed by atoms with E-state index >= 15 is 0 Å². The van der Waals surface area contributed by atoms with E-state index in [0.717, 1.165) is 0 Å². The van der Waals surface area contributed by atoms with Gasteiger partial charge in [0.25, 0.3) is 0 Å². The SMILES string of the molecule is O=[N+]([O-])c1ccccc1O[C@@H]1OC(CO)[C@@H](O)[C@H](O)C1O. The number of rotatable bonds is 4. The molecule has 1 heterocycles. The van der Waals surface area contributed by atoms with Crippen LogP contribution in [0.15, 0.2) is 24.3 Å². The lowest BCUT2D eigenvalue weighted by atomic mass is 9.99. The first-order valence-electron chi connectivity index (χ1n) is 6.16. The molecule has 116 valence electrons. The fourth-order valence-corrected chi connectivity index (χ4v) is 2.00. The van der Waals surface area contributed by atoms with Gasteiger partial charge in [-0.2, -0.15) is 0 Å². The van der Waals surface area contributed by atoms with Crippen molar-refractivity contribution in [1.82, 2.24) is 0 Å². The van der Waals surface area contributed by atoms with Crippen molar-refractivity contribution in [2.75, 3.05) is 6.61 Å². The minimum Gasteiger partial charge on any atom is -0.455 e. The molecular weight excluding hydrogens is 286 g/mol. The van der Waals surface area contributed by atoms with Crippen LogP contribution in [0.1, 0.15) is 0 Å². The number of nitro benzene ring substituents is 1. The monoisotopic (exact) mass is 301 g/mol. The van der Waals surface area contributed by atoms with Crippen molar-refractivity contribution < 1.29 is 34.8 Å². The Morgan fingerprint density at radius 2 is 1.86 bits per heavy atom. The summed E-state index contributed by atoms with van der Waals surface area (Å²) in [6.07, 6.45) is -7.35. The number of benzene rings is 1. The maximum Gasteiger partial charge on any atom is 0.311 e. The normalized spacial score (nSPS) is 32.7. The van der Waals surface area contributed by atoms with Gasteiger partial charge in [-0.1, -0.05) is 12.1 Å². The molecule has 1 saturated heterocycles. The summed E-state index contributed by atoms with van der Waals surface area (Å²) in [6, 6.07) is 5.45. The van der Waals surface area contributed by atoms with Crippen LogP contribution in [0.25, 0.3) is 0 Å². The molecule has 21 heavy (non-hydrogen) atoms. The van der Waals surface area contributed by atoms with Gasteiger partial charge in [-0.05, 0) is 6.07 Å². The van der Waals surface area contributed by atoms with E-state index < -0.39 is 42.2 Å². The average molecular weight is 301 g/mol. The summed E-state index contributed by atoms with van der Waals surface area (Å²) in [5.41, 5.74) is -0.338. The van der Waals surface area contributed by atoms with Gasteiger partial charge in [0.05, 0.1) is 11.5 Å². The molecule has 1 aliphatic heterocycles. The van der Waals surface area contributed by atoms with Crippen molar-refractivity contribution in [3.05, 3.63) is 34.4 Å². The molecule has 1 aromatic carbocycles. The van der Waals surface area contributed by atoms with Gasteiger partial charge in [-0.25, -0.2) is 0 Å². The van der Waals surface area contributed by atoms with Crippen molar-refractivity contribution in [3.8, 4) is 5.75 Å². The Morgan fingerprint density at radius 3 is 2.48 bits per heavy atom. The molecule has 2 rings (SSSR count). The number of hydrogen-bond acceptors (Lipinski definition) is 8.